The molecule has 4 nitrogen and oxygen atoms in total. The number of alkyl halides is 1. The minimum Gasteiger partial charge on any atom is -0.760 e. The lowest BCUT2D eigenvalue weighted by Gasteiger charge is -2.02. The minimum atomic E-state index is -2.07. The zero-order valence-electron chi connectivity index (χ0n) is 13.4. The summed E-state index contributed by atoms with van der Waals surface area (Å²) in [5.74, 6) is 0. The zero-order valence-corrected chi connectivity index (χ0v) is 16.7. The average molecular weight is 413 g/mol. The maximum absolute atomic E-state index is 9.49. The van der Waals surface area contributed by atoms with Crippen molar-refractivity contribution in [1.82, 2.24) is 4.72 Å². The highest BCUT2D eigenvalue weighted by molar-refractivity contribution is 9.09. The number of unbranched alkanes of at least 4 members (excludes halogenated alkanes) is 2. The molecule has 130 valence electrons. The van der Waals surface area contributed by atoms with E-state index in [1.54, 1.807) is 6.92 Å². The summed E-state index contributed by atoms with van der Waals surface area (Å²) >= 11 is 3.29. The molecule has 1 unspecified atom stereocenters. The number of aryl methyl sites for hydroxylation is 1. The minimum absolute atomic E-state index is 0.468. The second-order valence-electron chi connectivity index (χ2n) is 4.57. The van der Waals surface area contributed by atoms with Crippen molar-refractivity contribution in [3.63, 3.8) is 0 Å². The summed E-state index contributed by atoms with van der Waals surface area (Å²) in [5.41, 5.74) is 0. The van der Waals surface area contributed by atoms with Gasteiger partial charge in [0.05, 0.1) is 6.61 Å². The number of rotatable bonds is 11. The average Bonchev–Trinajstić information content (AvgIpc) is 2.95. The van der Waals surface area contributed by atoms with Crippen LogP contribution in [0, 0.1) is 0 Å². The smallest absolute Gasteiger partial charge is 0.0514 e. The van der Waals surface area contributed by atoms with Crippen LogP contribution in [0.15, 0.2) is 12.1 Å². The van der Waals surface area contributed by atoms with E-state index in [1.165, 1.54) is 29.0 Å². The second-order valence-corrected chi connectivity index (χ2v) is 7.37. The van der Waals surface area contributed by atoms with E-state index in [4.69, 9.17) is 4.74 Å². The molecule has 1 aromatic heterocycles. The first-order valence-corrected chi connectivity index (χ1v) is 10.7. The van der Waals surface area contributed by atoms with Gasteiger partial charge in [0, 0.05) is 45.9 Å². The molecule has 0 amide bonds. The summed E-state index contributed by atoms with van der Waals surface area (Å²) in [6, 6.07) is 4.47. The van der Waals surface area contributed by atoms with E-state index in [0.29, 0.717) is 6.54 Å². The van der Waals surface area contributed by atoms with Gasteiger partial charge < -0.3 is 9.29 Å². The van der Waals surface area contributed by atoms with Crippen LogP contribution in [-0.4, -0.2) is 33.9 Å². The highest BCUT2D eigenvalue weighted by atomic mass is 79.9. The number of hydrogen-bond acceptors (Lipinski definition) is 4. The molecule has 0 radical (unpaired) electrons. The van der Waals surface area contributed by atoms with Crippen LogP contribution in [0.1, 0.15) is 42.9 Å². The van der Waals surface area contributed by atoms with Crippen LogP contribution >= 0.6 is 27.3 Å². The van der Waals surface area contributed by atoms with Gasteiger partial charge in [0.25, 0.3) is 0 Å². The van der Waals surface area contributed by atoms with Gasteiger partial charge in [-0.3, -0.25) is 4.21 Å². The Morgan fingerprint density at radius 1 is 1.23 bits per heavy atom. The lowest BCUT2D eigenvalue weighted by molar-refractivity contribution is 0.134. The Bertz CT molecular complexity index is 389. The molecule has 1 heterocycles. The van der Waals surface area contributed by atoms with Crippen LogP contribution in [0.3, 0.4) is 0 Å². The summed E-state index contributed by atoms with van der Waals surface area (Å²) < 4.78 is 26.7. The van der Waals surface area contributed by atoms with Gasteiger partial charge in [-0.15, -0.1) is 11.3 Å². The van der Waals surface area contributed by atoms with E-state index < -0.39 is 11.3 Å². The molecule has 7 heteroatoms. The molecule has 0 spiro atoms. The molecule has 1 N–H and O–H groups in total. The zero-order chi connectivity index (χ0) is 16.6. The number of thiophene rings is 1. The van der Waals surface area contributed by atoms with Crippen LogP contribution in [0.2, 0.25) is 0 Å². The van der Waals surface area contributed by atoms with Crippen LogP contribution < -0.4 is 4.72 Å². The first-order valence-electron chi connectivity index (χ1n) is 7.68. The topological polar surface area (TPSA) is 61.4 Å². The van der Waals surface area contributed by atoms with Gasteiger partial charge in [-0.2, -0.15) is 0 Å². The molecular weight excluding hydrogens is 386 g/mol. The van der Waals surface area contributed by atoms with E-state index in [1.807, 2.05) is 11.3 Å². The highest BCUT2D eigenvalue weighted by Crippen LogP contribution is 2.17. The first-order chi connectivity index (χ1) is 10.6. The van der Waals surface area contributed by atoms with Gasteiger partial charge in [0.1, 0.15) is 0 Å². The van der Waals surface area contributed by atoms with E-state index >= 15 is 0 Å². The quantitative estimate of drug-likeness (QED) is 0.341. The van der Waals surface area contributed by atoms with Crippen molar-refractivity contribution < 1.29 is 13.5 Å². The molecule has 0 bridgehead atoms. The van der Waals surface area contributed by atoms with E-state index in [2.05, 4.69) is 39.7 Å². The van der Waals surface area contributed by atoms with Crippen molar-refractivity contribution in [3.8, 4) is 0 Å². The number of nitrogens with one attached hydrogen (secondary N) is 1. The fourth-order valence-corrected chi connectivity index (χ4v) is 3.19. The van der Waals surface area contributed by atoms with Gasteiger partial charge >= 0.3 is 0 Å². The van der Waals surface area contributed by atoms with Gasteiger partial charge in [0.15, 0.2) is 0 Å². The third kappa shape index (κ3) is 13.8. The normalized spacial score (nSPS) is 11.8. The Hall–Kier alpha value is 0.210. The van der Waals surface area contributed by atoms with E-state index in [-0.39, 0.29) is 0 Å². The molecule has 0 aliphatic carbocycles. The largest absolute Gasteiger partial charge is 0.760 e. The maximum Gasteiger partial charge on any atom is 0.0514 e. The van der Waals surface area contributed by atoms with Crippen LogP contribution in [0.4, 0.5) is 0 Å². The highest BCUT2D eigenvalue weighted by Gasteiger charge is 1.98. The summed E-state index contributed by atoms with van der Waals surface area (Å²) in [7, 11) is 0. The molecule has 0 aliphatic rings. The predicted molar refractivity (Wildman–Crippen MR) is 98.5 cm³/mol. The van der Waals surface area contributed by atoms with Crippen molar-refractivity contribution in [2.75, 3.05) is 25.1 Å². The Balaban J connectivity index is 0.000000626. The lowest BCUT2D eigenvalue weighted by atomic mass is 10.3. The third-order valence-corrected chi connectivity index (χ3v) is 5.12. The fraction of sp³-hybridized carbons (Fsp3) is 0.733. The monoisotopic (exact) mass is 412 g/mol. The first kappa shape index (κ1) is 22.2. The Morgan fingerprint density at radius 2 is 1.95 bits per heavy atom. The van der Waals surface area contributed by atoms with Crippen LogP contribution in [0.25, 0.3) is 0 Å². The van der Waals surface area contributed by atoms with Crippen molar-refractivity contribution in [1.29, 1.82) is 0 Å². The summed E-state index contributed by atoms with van der Waals surface area (Å²) in [5, 5.41) is 1.11. The SMILES string of the molecule is CCNS(=O)[O-].CCc1ccc(CCOCCCCCBr)s1. The van der Waals surface area contributed by atoms with Crippen LogP contribution in [-0.2, 0) is 28.8 Å². The Kier molecular flexibility index (Phi) is 16.2. The predicted octanol–water partition coefficient (Wildman–Crippen LogP) is 3.82. The van der Waals surface area contributed by atoms with Gasteiger partial charge in [-0.25, -0.2) is 4.72 Å². The molecule has 1 rings (SSSR count). The molecular formula is C15H27BrNO3S2-. The van der Waals surface area contributed by atoms with Crippen LogP contribution in [0.5, 0.6) is 0 Å². The van der Waals surface area contributed by atoms with Gasteiger partial charge in [-0.1, -0.05) is 36.2 Å². The van der Waals surface area contributed by atoms with Gasteiger partial charge in [0.2, 0.25) is 0 Å². The van der Waals surface area contributed by atoms with E-state index in [9.17, 15) is 8.76 Å². The Morgan fingerprint density at radius 3 is 2.45 bits per heavy atom. The molecule has 0 fully saturated rings. The standard InChI is InChI=1S/C13H21BrOS.C2H7NO2S/c1-2-12-6-7-13(16-12)8-11-15-10-5-3-4-9-14;1-2-3-6(4)5/h6-7H,2-5,8-11H2,1H3;3H,2H2,1H3,(H,4,5)/p-1. The number of halogens is 1. The molecule has 22 heavy (non-hydrogen) atoms. The summed E-state index contributed by atoms with van der Waals surface area (Å²) in [4.78, 5) is 2.93. The number of hydrogen-bond donors (Lipinski definition) is 1. The molecule has 0 aliphatic heterocycles. The number of ether oxygens (including phenoxy) is 1. The molecule has 0 aromatic carbocycles. The van der Waals surface area contributed by atoms with Crippen molar-refractivity contribution >= 4 is 38.5 Å². The van der Waals surface area contributed by atoms with Crippen molar-refractivity contribution in [2.45, 2.75) is 46.0 Å². The van der Waals surface area contributed by atoms with Crippen molar-refractivity contribution in [2.24, 2.45) is 0 Å². The molecule has 0 saturated carbocycles. The third-order valence-electron chi connectivity index (χ3n) is 2.74. The lowest BCUT2D eigenvalue weighted by Crippen LogP contribution is -2.14. The second kappa shape index (κ2) is 16.1. The Labute approximate surface area is 149 Å². The molecule has 0 saturated heterocycles. The van der Waals surface area contributed by atoms with Gasteiger partial charge in [-0.05, 0) is 31.4 Å². The fourth-order valence-electron chi connectivity index (χ4n) is 1.61. The van der Waals surface area contributed by atoms with E-state index in [0.717, 1.165) is 31.4 Å². The molecule has 1 atom stereocenters. The maximum atomic E-state index is 9.49. The molecule has 1 aromatic rings. The van der Waals surface area contributed by atoms with Crippen molar-refractivity contribution in [3.05, 3.63) is 21.9 Å². The summed E-state index contributed by atoms with van der Waals surface area (Å²) in [6.45, 7) is 6.18. The summed E-state index contributed by atoms with van der Waals surface area (Å²) in [6.07, 6.45) is 5.94.